The van der Waals surface area contributed by atoms with Gasteiger partial charge in [-0.3, -0.25) is 0 Å². The predicted molar refractivity (Wildman–Crippen MR) is 125 cm³/mol. The molecule has 1 aromatic heterocycles. The number of nitrogens with zero attached hydrogens (tertiary/aromatic N) is 5. The molecule has 4 rings (SSSR count). The van der Waals surface area contributed by atoms with Crippen LogP contribution in [0, 0.1) is 5.82 Å². The van der Waals surface area contributed by atoms with Crippen molar-refractivity contribution in [1.29, 1.82) is 0 Å². The third kappa shape index (κ3) is 5.68. The fourth-order valence-electron chi connectivity index (χ4n) is 3.56. The van der Waals surface area contributed by atoms with E-state index < -0.39 is 32.5 Å². The van der Waals surface area contributed by atoms with E-state index in [1.165, 1.54) is 24.3 Å². The van der Waals surface area contributed by atoms with E-state index in [2.05, 4.69) is 9.97 Å². The van der Waals surface area contributed by atoms with Gasteiger partial charge in [-0.15, -0.1) is 0 Å². The Bertz CT molecular complexity index is 1330. The van der Waals surface area contributed by atoms with Crippen molar-refractivity contribution in [2.24, 2.45) is 0 Å². The molecule has 0 saturated carbocycles. The monoisotopic (exact) mass is 525 g/mol. The van der Waals surface area contributed by atoms with Gasteiger partial charge in [0.2, 0.25) is 21.9 Å². The number of halogens is 4. The molecular weight excluding hydrogens is 502 g/mol. The highest BCUT2D eigenvalue weighted by Gasteiger charge is 2.34. The first-order chi connectivity index (χ1) is 16.9. The Morgan fingerprint density at radius 2 is 1.61 bits per heavy atom. The average Bonchev–Trinajstić information content (AvgIpc) is 2.85. The highest BCUT2D eigenvalue weighted by atomic mass is 32.2. The van der Waals surface area contributed by atoms with Gasteiger partial charge < -0.3 is 14.5 Å². The van der Waals surface area contributed by atoms with E-state index >= 15 is 0 Å². The molecule has 0 unspecified atom stereocenters. The molecule has 0 amide bonds. The third-order valence-electron chi connectivity index (χ3n) is 5.49. The Morgan fingerprint density at radius 3 is 2.22 bits per heavy atom. The molecule has 1 fully saturated rings. The number of hydrogen-bond acceptors (Lipinski definition) is 7. The summed E-state index contributed by atoms with van der Waals surface area (Å²) < 4.78 is 85.3. The van der Waals surface area contributed by atoms with E-state index in [0.717, 1.165) is 22.5 Å². The molecule has 36 heavy (non-hydrogen) atoms. The highest BCUT2D eigenvalue weighted by molar-refractivity contribution is 7.89. The van der Waals surface area contributed by atoms with Crippen LogP contribution in [0.5, 0.6) is 11.6 Å². The van der Waals surface area contributed by atoms with Gasteiger partial charge in [0.05, 0.1) is 10.5 Å². The summed E-state index contributed by atoms with van der Waals surface area (Å²) in [6.07, 6.45) is -4.65. The molecule has 13 heteroatoms. The minimum absolute atomic E-state index is 0.0300. The van der Waals surface area contributed by atoms with Crippen LogP contribution >= 0.6 is 0 Å². The Balaban J connectivity index is 1.52. The first-order valence-electron chi connectivity index (χ1n) is 10.9. The summed E-state index contributed by atoms with van der Waals surface area (Å²) in [5, 5.41) is 0. The smallest absolute Gasteiger partial charge is 0.416 e. The molecule has 2 aromatic carbocycles. The molecule has 2 heterocycles. The van der Waals surface area contributed by atoms with Crippen molar-refractivity contribution in [2.45, 2.75) is 11.1 Å². The van der Waals surface area contributed by atoms with Crippen LogP contribution in [0.3, 0.4) is 0 Å². The summed E-state index contributed by atoms with van der Waals surface area (Å²) in [4.78, 5) is 12.0. The molecular formula is C23H23F4N5O3S. The largest absolute Gasteiger partial charge is 0.439 e. The first-order valence-corrected chi connectivity index (χ1v) is 12.3. The van der Waals surface area contributed by atoms with E-state index in [4.69, 9.17) is 4.74 Å². The molecule has 0 spiro atoms. The van der Waals surface area contributed by atoms with E-state index in [1.807, 2.05) is 0 Å². The van der Waals surface area contributed by atoms with Crippen LogP contribution in [0.1, 0.15) is 5.56 Å². The Kier molecular flexibility index (Phi) is 7.05. The van der Waals surface area contributed by atoms with Gasteiger partial charge in [0.1, 0.15) is 17.4 Å². The van der Waals surface area contributed by atoms with Crippen molar-refractivity contribution in [1.82, 2.24) is 14.3 Å². The second-order valence-electron chi connectivity index (χ2n) is 8.23. The van der Waals surface area contributed by atoms with E-state index in [0.29, 0.717) is 23.6 Å². The Morgan fingerprint density at radius 1 is 0.944 bits per heavy atom. The minimum Gasteiger partial charge on any atom is -0.439 e. The van der Waals surface area contributed by atoms with Crippen molar-refractivity contribution in [3.63, 3.8) is 0 Å². The Hall–Kier alpha value is -3.45. The van der Waals surface area contributed by atoms with Crippen molar-refractivity contribution >= 4 is 21.8 Å². The number of sulfonamides is 1. The third-order valence-corrected chi connectivity index (χ3v) is 7.39. The molecule has 0 radical (unpaired) electrons. The van der Waals surface area contributed by atoms with Crippen molar-refractivity contribution in [2.75, 3.05) is 50.1 Å². The summed E-state index contributed by atoms with van der Waals surface area (Å²) in [7, 11) is -0.552. The first kappa shape index (κ1) is 25.6. The molecule has 8 nitrogen and oxygen atoms in total. The van der Waals surface area contributed by atoms with Gasteiger partial charge in [-0.1, -0.05) is 6.07 Å². The average molecular weight is 526 g/mol. The maximum atomic E-state index is 13.2. The quantitative estimate of drug-likeness (QED) is 0.450. The maximum Gasteiger partial charge on any atom is 0.416 e. The standard InChI is InChI=1S/C23H23F4N5O3S/c1-30(2)20-15-21(35-18-8-6-17(24)7-9-18)29-22(28-20)31-10-12-32(13-11-31)36(33,34)19-5-3-4-16(14-19)23(25,26)27/h3-9,14-15H,10-13H2,1-2H3. The second kappa shape index (κ2) is 9.90. The second-order valence-corrected chi connectivity index (χ2v) is 10.2. The zero-order valence-corrected chi connectivity index (χ0v) is 20.2. The lowest BCUT2D eigenvalue weighted by atomic mass is 10.2. The topological polar surface area (TPSA) is 78.9 Å². The van der Waals surface area contributed by atoms with E-state index in [-0.39, 0.29) is 32.1 Å². The van der Waals surface area contributed by atoms with Gasteiger partial charge in [0, 0.05) is 46.3 Å². The van der Waals surface area contributed by atoms with Crippen LogP contribution < -0.4 is 14.5 Å². The number of hydrogen-bond donors (Lipinski definition) is 0. The number of alkyl halides is 3. The highest BCUT2D eigenvalue weighted by Crippen LogP contribution is 2.32. The van der Waals surface area contributed by atoms with Crippen LogP contribution in [0.4, 0.5) is 29.3 Å². The zero-order valence-electron chi connectivity index (χ0n) is 19.4. The number of rotatable bonds is 6. The number of aromatic nitrogens is 2. The van der Waals surface area contributed by atoms with Crippen LogP contribution in [0.25, 0.3) is 0 Å². The summed E-state index contributed by atoms with van der Waals surface area (Å²) in [6.45, 7) is 0.487. The molecule has 0 N–H and O–H groups in total. The van der Waals surface area contributed by atoms with E-state index in [1.54, 1.807) is 30.0 Å². The number of benzene rings is 2. The Labute approximate surface area is 205 Å². The SMILES string of the molecule is CN(C)c1cc(Oc2ccc(F)cc2)nc(N2CCN(S(=O)(=O)c3cccc(C(F)(F)F)c3)CC2)n1. The summed E-state index contributed by atoms with van der Waals surface area (Å²) in [5.74, 6) is 1.03. The molecule has 0 bridgehead atoms. The molecule has 3 aromatic rings. The van der Waals surface area contributed by atoms with Crippen molar-refractivity contribution < 1.29 is 30.7 Å². The minimum atomic E-state index is -4.65. The number of piperazine rings is 1. The normalized spacial score (nSPS) is 15.1. The van der Waals surface area contributed by atoms with Crippen molar-refractivity contribution in [3.8, 4) is 11.6 Å². The summed E-state index contributed by atoms with van der Waals surface area (Å²) >= 11 is 0. The van der Waals surface area contributed by atoms with E-state index in [9.17, 15) is 26.0 Å². The van der Waals surface area contributed by atoms with Gasteiger partial charge in [0.25, 0.3) is 0 Å². The lowest BCUT2D eigenvalue weighted by Crippen LogP contribution is -2.49. The van der Waals surface area contributed by atoms with Crippen LogP contribution in [0.15, 0.2) is 59.5 Å². The zero-order chi connectivity index (χ0) is 26.1. The lowest BCUT2D eigenvalue weighted by Gasteiger charge is -2.34. The summed E-state index contributed by atoms with van der Waals surface area (Å²) in [5.41, 5.74) is -1.02. The van der Waals surface area contributed by atoms with Gasteiger partial charge in [-0.25, -0.2) is 12.8 Å². The number of ether oxygens (including phenoxy) is 1. The predicted octanol–water partition coefficient (Wildman–Crippen LogP) is 4.00. The number of anilines is 2. The molecule has 1 aliphatic rings. The van der Waals surface area contributed by atoms with Crippen molar-refractivity contribution in [3.05, 3.63) is 66.0 Å². The molecule has 0 aliphatic carbocycles. The van der Waals surface area contributed by atoms with Gasteiger partial charge in [0.15, 0.2) is 0 Å². The fourth-order valence-corrected chi connectivity index (χ4v) is 5.03. The molecule has 1 saturated heterocycles. The molecule has 192 valence electrons. The summed E-state index contributed by atoms with van der Waals surface area (Å²) in [6, 6.07) is 10.8. The van der Waals surface area contributed by atoms with Crippen LogP contribution in [-0.2, 0) is 16.2 Å². The molecule has 1 aliphatic heterocycles. The van der Waals surface area contributed by atoms with Gasteiger partial charge >= 0.3 is 6.18 Å². The maximum absolute atomic E-state index is 13.2. The van der Waals surface area contributed by atoms with Crippen LogP contribution in [0.2, 0.25) is 0 Å². The fraction of sp³-hybridized carbons (Fsp3) is 0.304. The molecule has 0 atom stereocenters. The van der Waals surface area contributed by atoms with Crippen LogP contribution in [-0.4, -0.2) is 63.0 Å². The van der Waals surface area contributed by atoms with Gasteiger partial charge in [-0.2, -0.15) is 27.4 Å². The lowest BCUT2D eigenvalue weighted by molar-refractivity contribution is -0.137. The van der Waals surface area contributed by atoms with Gasteiger partial charge in [-0.05, 0) is 42.5 Å².